The summed E-state index contributed by atoms with van der Waals surface area (Å²) in [5.41, 5.74) is -1.08. The van der Waals surface area contributed by atoms with Crippen LogP contribution in [0.4, 0.5) is 18.9 Å². The van der Waals surface area contributed by atoms with Crippen LogP contribution < -0.4 is 5.32 Å². The normalized spacial score (nSPS) is 11.3. The molecule has 2 aromatic rings. The van der Waals surface area contributed by atoms with Gasteiger partial charge in [-0.3, -0.25) is 4.79 Å². The van der Waals surface area contributed by atoms with Crippen molar-refractivity contribution in [2.75, 3.05) is 5.32 Å². The topological polar surface area (TPSA) is 42.0 Å². The van der Waals surface area contributed by atoms with Crippen LogP contribution in [0, 0.1) is 0 Å². The van der Waals surface area contributed by atoms with Crippen molar-refractivity contribution in [1.82, 2.24) is 4.98 Å². The molecule has 0 saturated heterocycles. The number of nitrogens with one attached hydrogen (secondary N) is 1. The standard InChI is InChI=1S/C13H7Cl2F3N2O/c14-9-5-4-7(6-8(9)13(16,17)18)19-12(21)10-2-1-3-11(15)20-10/h1-6H,(H,19,21). The molecule has 0 aliphatic heterocycles. The van der Waals surface area contributed by atoms with Crippen molar-refractivity contribution < 1.29 is 18.0 Å². The lowest BCUT2D eigenvalue weighted by molar-refractivity contribution is -0.137. The summed E-state index contributed by atoms with van der Waals surface area (Å²) >= 11 is 11.1. The van der Waals surface area contributed by atoms with Crippen molar-refractivity contribution in [3.05, 3.63) is 57.8 Å². The molecule has 0 spiro atoms. The second-order valence-electron chi connectivity index (χ2n) is 3.99. The molecule has 110 valence electrons. The average Bonchev–Trinajstić information content (AvgIpc) is 2.39. The third-order valence-electron chi connectivity index (χ3n) is 2.48. The molecule has 0 unspecified atom stereocenters. The number of carbonyl (C=O) groups excluding carboxylic acids is 1. The van der Waals surface area contributed by atoms with E-state index in [2.05, 4.69) is 10.3 Å². The lowest BCUT2D eigenvalue weighted by Crippen LogP contribution is -2.14. The zero-order valence-electron chi connectivity index (χ0n) is 10.2. The molecule has 1 aromatic heterocycles. The maximum Gasteiger partial charge on any atom is 0.417 e. The Morgan fingerprint density at radius 2 is 1.86 bits per heavy atom. The number of hydrogen-bond donors (Lipinski definition) is 1. The van der Waals surface area contributed by atoms with E-state index in [1.165, 1.54) is 24.3 Å². The second-order valence-corrected chi connectivity index (χ2v) is 4.79. The lowest BCUT2D eigenvalue weighted by Gasteiger charge is -2.11. The number of amides is 1. The highest BCUT2D eigenvalue weighted by molar-refractivity contribution is 6.31. The van der Waals surface area contributed by atoms with Gasteiger partial charge in [-0.25, -0.2) is 4.98 Å². The first kappa shape index (κ1) is 15.6. The highest BCUT2D eigenvalue weighted by Crippen LogP contribution is 2.36. The van der Waals surface area contributed by atoms with E-state index in [-0.39, 0.29) is 16.5 Å². The van der Waals surface area contributed by atoms with Crippen molar-refractivity contribution in [2.24, 2.45) is 0 Å². The minimum Gasteiger partial charge on any atom is -0.321 e. The van der Waals surface area contributed by atoms with Gasteiger partial charge in [0.25, 0.3) is 5.91 Å². The summed E-state index contributed by atoms with van der Waals surface area (Å²) in [7, 11) is 0. The summed E-state index contributed by atoms with van der Waals surface area (Å²) in [6.07, 6.45) is -4.61. The van der Waals surface area contributed by atoms with Gasteiger partial charge in [-0.15, -0.1) is 0 Å². The summed E-state index contributed by atoms with van der Waals surface area (Å²) in [6, 6.07) is 7.45. The molecule has 0 aliphatic rings. The highest BCUT2D eigenvalue weighted by Gasteiger charge is 2.33. The zero-order valence-corrected chi connectivity index (χ0v) is 11.7. The lowest BCUT2D eigenvalue weighted by atomic mass is 10.2. The van der Waals surface area contributed by atoms with E-state index >= 15 is 0 Å². The van der Waals surface area contributed by atoms with Gasteiger partial charge >= 0.3 is 6.18 Å². The van der Waals surface area contributed by atoms with Gasteiger partial charge in [0.15, 0.2) is 0 Å². The number of anilines is 1. The highest BCUT2D eigenvalue weighted by atomic mass is 35.5. The molecule has 0 saturated carbocycles. The van der Waals surface area contributed by atoms with Crippen molar-refractivity contribution in [1.29, 1.82) is 0 Å². The molecule has 21 heavy (non-hydrogen) atoms. The predicted octanol–water partition coefficient (Wildman–Crippen LogP) is 4.66. The number of hydrogen-bond acceptors (Lipinski definition) is 2. The van der Waals surface area contributed by atoms with Gasteiger partial charge in [-0.05, 0) is 30.3 Å². The fourth-order valence-corrected chi connectivity index (χ4v) is 1.94. The quantitative estimate of drug-likeness (QED) is 0.811. The van der Waals surface area contributed by atoms with E-state index in [0.29, 0.717) is 0 Å². The Kier molecular flexibility index (Phi) is 4.39. The van der Waals surface area contributed by atoms with Gasteiger partial charge in [0.05, 0.1) is 10.6 Å². The van der Waals surface area contributed by atoms with Crippen LogP contribution >= 0.6 is 23.2 Å². The minimum atomic E-state index is -4.61. The van der Waals surface area contributed by atoms with Crippen LogP contribution in [0.5, 0.6) is 0 Å². The molecule has 0 radical (unpaired) electrons. The van der Waals surface area contributed by atoms with Crippen LogP contribution in [-0.2, 0) is 6.18 Å². The number of aromatic nitrogens is 1. The molecule has 1 amide bonds. The average molecular weight is 335 g/mol. The van der Waals surface area contributed by atoms with Crippen LogP contribution in [0.1, 0.15) is 16.1 Å². The third kappa shape index (κ3) is 3.86. The minimum absolute atomic E-state index is 0.00833. The first-order chi connectivity index (χ1) is 9.77. The molecular weight excluding hydrogens is 328 g/mol. The van der Waals surface area contributed by atoms with E-state index in [0.717, 1.165) is 12.1 Å². The summed E-state index contributed by atoms with van der Waals surface area (Å²) in [6.45, 7) is 0. The number of carbonyl (C=O) groups is 1. The molecule has 0 aliphatic carbocycles. The van der Waals surface area contributed by atoms with Crippen LogP contribution in [0.2, 0.25) is 10.2 Å². The number of pyridine rings is 1. The third-order valence-corrected chi connectivity index (χ3v) is 3.02. The number of halogens is 5. The van der Waals surface area contributed by atoms with Gasteiger partial charge < -0.3 is 5.32 Å². The number of alkyl halides is 3. The number of nitrogens with zero attached hydrogens (tertiary/aromatic N) is 1. The van der Waals surface area contributed by atoms with Crippen LogP contribution in [0.25, 0.3) is 0 Å². The molecule has 0 fully saturated rings. The van der Waals surface area contributed by atoms with Crippen LogP contribution in [0.3, 0.4) is 0 Å². The van der Waals surface area contributed by atoms with Crippen LogP contribution in [0.15, 0.2) is 36.4 Å². The predicted molar refractivity (Wildman–Crippen MR) is 73.7 cm³/mol. The fourth-order valence-electron chi connectivity index (χ4n) is 1.55. The van der Waals surface area contributed by atoms with Crippen molar-refractivity contribution in [3.63, 3.8) is 0 Å². The largest absolute Gasteiger partial charge is 0.417 e. The summed E-state index contributed by atoms with van der Waals surface area (Å²) < 4.78 is 38.1. The molecule has 0 atom stereocenters. The fraction of sp³-hybridized carbons (Fsp3) is 0.0769. The van der Waals surface area contributed by atoms with Crippen molar-refractivity contribution in [3.8, 4) is 0 Å². The second kappa shape index (κ2) is 5.91. The molecule has 1 aromatic carbocycles. The maximum absolute atomic E-state index is 12.7. The van der Waals surface area contributed by atoms with Crippen molar-refractivity contribution in [2.45, 2.75) is 6.18 Å². The van der Waals surface area contributed by atoms with Crippen LogP contribution in [-0.4, -0.2) is 10.9 Å². The first-order valence-corrected chi connectivity index (χ1v) is 6.33. The van der Waals surface area contributed by atoms with E-state index < -0.39 is 22.7 Å². The summed E-state index contributed by atoms with van der Waals surface area (Å²) in [4.78, 5) is 15.6. The number of benzene rings is 1. The SMILES string of the molecule is O=C(Nc1ccc(Cl)c(C(F)(F)F)c1)c1cccc(Cl)n1. The summed E-state index contributed by atoms with van der Waals surface area (Å²) in [5.74, 6) is -0.673. The Balaban J connectivity index is 2.26. The van der Waals surface area contributed by atoms with E-state index in [1.54, 1.807) is 0 Å². The first-order valence-electron chi connectivity index (χ1n) is 5.58. The Hall–Kier alpha value is -1.79. The van der Waals surface area contributed by atoms with E-state index in [9.17, 15) is 18.0 Å². The molecular formula is C13H7Cl2F3N2O. The molecule has 8 heteroatoms. The van der Waals surface area contributed by atoms with Gasteiger partial charge in [0.1, 0.15) is 10.8 Å². The Labute approximate surface area is 127 Å². The molecule has 1 N–H and O–H groups in total. The Bertz CT molecular complexity index is 689. The zero-order chi connectivity index (χ0) is 15.6. The molecule has 1 heterocycles. The molecule has 2 rings (SSSR count). The Morgan fingerprint density at radius 3 is 2.48 bits per heavy atom. The molecule has 0 bridgehead atoms. The smallest absolute Gasteiger partial charge is 0.321 e. The molecule has 3 nitrogen and oxygen atoms in total. The van der Waals surface area contributed by atoms with E-state index in [4.69, 9.17) is 23.2 Å². The Morgan fingerprint density at radius 1 is 1.14 bits per heavy atom. The van der Waals surface area contributed by atoms with Crippen molar-refractivity contribution >= 4 is 34.8 Å². The summed E-state index contributed by atoms with van der Waals surface area (Å²) in [5, 5.41) is 1.97. The van der Waals surface area contributed by atoms with Gasteiger partial charge in [-0.1, -0.05) is 29.3 Å². The van der Waals surface area contributed by atoms with Gasteiger partial charge in [-0.2, -0.15) is 13.2 Å². The number of rotatable bonds is 2. The monoisotopic (exact) mass is 334 g/mol. The van der Waals surface area contributed by atoms with Gasteiger partial charge in [0, 0.05) is 5.69 Å². The van der Waals surface area contributed by atoms with E-state index in [1.807, 2.05) is 0 Å². The maximum atomic E-state index is 12.7. The van der Waals surface area contributed by atoms with Gasteiger partial charge in [0.2, 0.25) is 0 Å².